The van der Waals surface area contributed by atoms with Crippen molar-refractivity contribution in [1.82, 2.24) is 10.3 Å². The minimum atomic E-state index is 0.484. The van der Waals surface area contributed by atoms with E-state index in [1.54, 1.807) is 0 Å². The van der Waals surface area contributed by atoms with E-state index in [0.717, 1.165) is 16.9 Å². The van der Waals surface area contributed by atoms with Crippen LogP contribution in [-0.2, 0) is 0 Å². The average Bonchev–Trinajstić information content (AvgIpc) is 2.79. The second kappa shape index (κ2) is 5.78. The molecular weight excluding hydrogens is 264 g/mol. The molecule has 1 atom stereocenters. The van der Waals surface area contributed by atoms with Crippen molar-refractivity contribution >= 4 is 15.9 Å². The van der Waals surface area contributed by atoms with Gasteiger partial charge in [0.1, 0.15) is 0 Å². The van der Waals surface area contributed by atoms with Crippen LogP contribution in [0.1, 0.15) is 44.2 Å². The lowest BCUT2D eigenvalue weighted by Gasteiger charge is -2.24. The number of hydrogen-bond donors (Lipinski definition) is 1. The van der Waals surface area contributed by atoms with E-state index in [-0.39, 0.29) is 0 Å². The molecule has 2 nitrogen and oxygen atoms in total. The highest BCUT2D eigenvalue weighted by Crippen LogP contribution is 2.35. The van der Waals surface area contributed by atoms with Crippen LogP contribution in [0.3, 0.4) is 0 Å². The fraction of sp³-hybridized carbons (Fsp3) is 0.615. The Labute approximate surface area is 106 Å². The maximum Gasteiger partial charge on any atom is 0.0410 e. The van der Waals surface area contributed by atoms with Gasteiger partial charge in [0.15, 0.2) is 0 Å². The Balaban J connectivity index is 2.17. The monoisotopic (exact) mass is 282 g/mol. The van der Waals surface area contributed by atoms with Crippen molar-refractivity contribution in [3.05, 3.63) is 28.5 Å². The molecule has 88 valence electrons. The molecule has 1 aliphatic rings. The van der Waals surface area contributed by atoms with Gasteiger partial charge in [0.25, 0.3) is 0 Å². The van der Waals surface area contributed by atoms with Gasteiger partial charge in [0.05, 0.1) is 0 Å². The zero-order valence-corrected chi connectivity index (χ0v) is 11.3. The summed E-state index contributed by atoms with van der Waals surface area (Å²) in [5.41, 5.74) is 1.32. The molecule has 0 amide bonds. The Kier molecular flexibility index (Phi) is 4.36. The Bertz CT molecular complexity index is 334. The Morgan fingerprint density at radius 1 is 1.44 bits per heavy atom. The zero-order valence-electron chi connectivity index (χ0n) is 9.75. The average molecular weight is 283 g/mol. The molecular formula is C13H19BrN2. The minimum Gasteiger partial charge on any atom is -0.310 e. The van der Waals surface area contributed by atoms with E-state index in [1.165, 1.54) is 31.2 Å². The smallest absolute Gasteiger partial charge is 0.0410 e. The molecule has 1 saturated carbocycles. The molecule has 1 heterocycles. The number of nitrogens with zero attached hydrogens (tertiary/aromatic N) is 1. The van der Waals surface area contributed by atoms with E-state index in [9.17, 15) is 0 Å². The number of halogens is 1. The number of hydrogen-bond acceptors (Lipinski definition) is 2. The normalized spacial score (nSPS) is 18.9. The van der Waals surface area contributed by atoms with Gasteiger partial charge in [-0.3, -0.25) is 4.98 Å². The summed E-state index contributed by atoms with van der Waals surface area (Å²) in [6, 6.07) is 2.68. The molecule has 1 aromatic heterocycles. The van der Waals surface area contributed by atoms with Gasteiger partial charge in [0.2, 0.25) is 0 Å². The van der Waals surface area contributed by atoms with Crippen LogP contribution in [0.5, 0.6) is 0 Å². The van der Waals surface area contributed by atoms with Gasteiger partial charge in [-0.15, -0.1) is 0 Å². The summed E-state index contributed by atoms with van der Waals surface area (Å²) in [7, 11) is 0. The number of aromatic nitrogens is 1. The molecule has 0 aliphatic heterocycles. The maximum atomic E-state index is 4.27. The third-order valence-corrected chi connectivity index (χ3v) is 3.81. The van der Waals surface area contributed by atoms with Crippen LogP contribution >= 0.6 is 15.9 Å². The molecule has 1 N–H and O–H groups in total. The van der Waals surface area contributed by atoms with E-state index in [1.807, 2.05) is 12.4 Å². The molecule has 0 bridgehead atoms. The summed E-state index contributed by atoms with van der Waals surface area (Å²) >= 11 is 3.50. The van der Waals surface area contributed by atoms with E-state index in [0.29, 0.717) is 6.04 Å². The molecule has 0 aromatic carbocycles. The van der Waals surface area contributed by atoms with Gasteiger partial charge in [-0.25, -0.2) is 0 Å². The van der Waals surface area contributed by atoms with E-state index >= 15 is 0 Å². The first-order valence-electron chi connectivity index (χ1n) is 6.15. The Hall–Kier alpha value is -0.410. The summed E-state index contributed by atoms with van der Waals surface area (Å²) in [4.78, 5) is 4.27. The second-order valence-corrected chi connectivity index (χ2v) is 5.43. The Morgan fingerprint density at radius 3 is 2.81 bits per heavy atom. The summed E-state index contributed by atoms with van der Waals surface area (Å²) in [6.07, 6.45) is 9.31. The van der Waals surface area contributed by atoms with Gasteiger partial charge < -0.3 is 5.32 Å². The van der Waals surface area contributed by atoms with Crippen molar-refractivity contribution in [3.8, 4) is 0 Å². The van der Waals surface area contributed by atoms with E-state index < -0.39 is 0 Å². The van der Waals surface area contributed by atoms with Crippen LogP contribution in [0.25, 0.3) is 0 Å². The fourth-order valence-corrected chi connectivity index (χ4v) is 3.05. The zero-order chi connectivity index (χ0) is 11.4. The molecule has 1 aromatic rings. The topological polar surface area (TPSA) is 24.9 Å². The summed E-state index contributed by atoms with van der Waals surface area (Å²) in [5.74, 6) is 0.788. The lowest BCUT2D eigenvalue weighted by Crippen LogP contribution is -2.27. The molecule has 16 heavy (non-hydrogen) atoms. The van der Waals surface area contributed by atoms with Crippen molar-refractivity contribution in [2.45, 2.75) is 38.6 Å². The SMILES string of the molecule is CCNC(c1cncc(Br)c1)C1CCCC1. The van der Waals surface area contributed by atoms with Gasteiger partial charge in [0, 0.05) is 22.9 Å². The van der Waals surface area contributed by atoms with Crippen molar-refractivity contribution in [2.24, 2.45) is 5.92 Å². The fourth-order valence-electron chi connectivity index (χ4n) is 2.67. The van der Waals surface area contributed by atoms with Crippen LogP contribution in [0.2, 0.25) is 0 Å². The highest BCUT2D eigenvalue weighted by Gasteiger charge is 2.25. The van der Waals surface area contributed by atoms with E-state index in [2.05, 4.69) is 39.2 Å². The minimum absolute atomic E-state index is 0.484. The molecule has 0 saturated heterocycles. The van der Waals surface area contributed by atoms with Gasteiger partial charge >= 0.3 is 0 Å². The first-order chi connectivity index (χ1) is 7.81. The van der Waals surface area contributed by atoms with Gasteiger partial charge in [-0.2, -0.15) is 0 Å². The summed E-state index contributed by atoms with van der Waals surface area (Å²) in [5, 5.41) is 3.61. The molecule has 3 heteroatoms. The maximum absolute atomic E-state index is 4.27. The largest absolute Gasteiger partial charge is 0.310 e. The molecule has 1 aliphatic carbocycles. The molecule has 1 unspecified atom stereocenters. The van der Waals surface area contributed by atoms with Crippen LogP contribution in [0, 0.1) is 5.92 Å². The van der Waals surface area contributed by atoms with Crippen molar-refractivity contribution in [1.29, 1.82) is 0 Å². The quantitative estimate of drug-likeness (QED) is 0.911. The first-order valence-corrected chi connectivity index (χ1v) is 6.94. The Morgan fingerprint density at radius 2 is 2.19 bits per heavy atom. The second-order valence-electron chi connectivity index (χ2n) is 4.52. The highest BCUT2D eigenvalue weighted by molar-refractivity contribution is 9.10. The lowest BCUT2D eigenvalue weighted by molar-refractivity contribution is 0.373. The van der Waals surface area contributed by atoms with Crippen LogP contribution in [-0.4, -0.2) is 11.5 Å². The van der Waals surface area contributed by atoms with Crippen molar-refractivity contribution in [2.75, 3.05) is 6.54 Å². The van der Waals surface area contributed by atoms with Gasteiger partial charge in [-0.1, -0.05) is 19.8 Å². The molecule has 2 rings (SSSR count). The number of rotatable bonds is 4. The molecule has 0 spiro atoms. The van der Waals surface area contributed by atoms with Crippen LogP contribution in [0.15, 0.2) is 22.9 Å². The van der Waals surface area contributed by atoms with Crippen LogP contribution < -0.4 is 5.32 Å². The predicted molar refractivity (Wildman–Crippen MR) is 70.3 cm³/mol. The third-order valence-electron chi connectivity index (χ3n) is 3.38. The van der Waals surface area contributed by atoms with Crippen LogP contribution in [0.4, 0.5) is 0 Å². The molecule has 1 fully saturated rings. The first kappa shape index (κ1) is 12.1. The summed E-state index contributed by atoms with van der Waals surface area (Å²) in [6.45, 7) is 3.20. The predicted octanol–water partition coefficient (Wildman–Crippen LogP) is 3.68. The number of nitrogens with one attached hydrogen (secondary N) is 1. The molecule has 0 radical (unpaired) electrons. The third kappa shape index (κ3) is 2.83. The highest BCUT2D eigenvalue weighted by atomic mass is 79.9. The van der Waals surface area contributed by atoms with Crippen molar-refractivity contribution in [3.63, 3.8) is 0 Å². The number of pyridine rings is 1. The van der Waals surface area contributed by atoms with Gasteiger partial charge in [-0.05, 0) is 52.9 Å². The lowest BCUT2D eigenvalue weighted by atomic mass is 9.92. The van der Waals surface area contributed by atoms with Crippen molar-refractivity contribution < 1.29 is 0 Å². The summed E-state index contributed by atoms with van der Waals surface area (Å²) < 4.78 is 1.07. The van der Waals surface area contributed by atoms with E-state index in [4.69, 9.17) is 0 Å². The standard InChI is InChI=1S/C13H19BrN2/c1-2-16-13(10-5-3-4-6-10)11-7-12(14)9-15-8-11/h7-10,13,16H,2-6H2,1H3.